The summed E-state index contributed by atoms with van der Waals surface area (Å²) in [6, 6.07) is 0. The molecule has 0 bridgehead atoms. The van der Waals surface area contributed by atoms with Gasteiger partial charge in [0.1, 0.15) is 16.3 Å². The van der Waals surface area contributed by atoms with Gasteiger partial charge in [0, 0.05) is 5.92 Å². The van der Waals surface area contributed by atoms with Crippen LogP contribution in [0.4, 0.5) is 10.9 Å². The van der Waals surface area contributed by atoms with Gasteiger partial charge in [-0.15, -0.1) is 0 Å². The number of nitrogens with two attached hydrogens (primary N) is 2. The SMILES string of the molecule is CCCN1CCC(c2nc(N)c3sc(N)nc3n2)CC1. The first-order valence-electron chi connectivity index (χ1n) is 7.09. The molecular weight excluding hydrogens is 272 g/mol. The van der Waals surface area contributed by atoms with Gasteiger partial charge in [-0.3, -0.25) is 0 Å². The van der Waals surface area contributed by atoms with Crippen molar-refractivity contribution in [3.8, 4) is 0 Å². The number of piperidine rings is 1. The maximum absolute atomic E-state index is 6.01. The van der Waals surface area contributed by atoms with Crippen LogP contribution in [0.25, 0.3) is 10.3 Å². The molecule has 3 rings (SSSR count). The Labute approximate surface area is 122 Å². The molecule has 20 heavy (non-hydrogen) atoms. The molecule has 0 aliphatic carbocycles. The third-order valence-corrected chi connectivity index (χ3v) is 4.70. The highest BCUT2D eigenvalue weighted by molar-refractivity contribution is 7.22. The van der Waals surface area contributed by atoms with Gasteiger partial charge in [-0.2, -0.15) is 0 Å². The Balaban J connectivity index is 1.81. The number of likely N-dealkylation sites (tertiary alicyclic amines) is 1. The largest absolute Gasteiger partial charge is 0.382 e. The molecule has 7 heteroatoms. The second kappa shape index (κ2) is 5.49. The minimum Gasteiger partial charge on any atom is -0.382 e. The molecule has 2 aromatic rings. The van der Waals surface area contributed by atoms with Crippen molar-refractivity contribution in [3.63, 3.8) is 0 Å². The zero-order chi connectivity index (χ0) is 14.1. The molecule has 0 amide bonds. The third-order valence-electron chi connectivity index (χ3n) is 3.81. The summed E-state index contributed by atoms with van der Waals surface area (Å²) in [6.07, 6.45) is 3.38. The van der Waals surface area contributed by atoms with Crippen molar-refractivity contribution in [3.05, 3.63) is 5.82 Å². The number of nitrogens with zero attached hydrogens (tertiary/aromatic N) is 4. The van der Waals surface area contributed by atoms with Gasteiger partial charge in [-0.1, -0.05) is 18.3 Å². The van der Waals surface area contributed by atoms with E-state index in [2.05, 4.69) is 26.8 Å². The Morgan fingerprint density at radius 3 is 2.65 bits per heavy atom. The third kappa shape index (κ3) is 2.55. The van der Waals surface area contributed by atoms with Crippen LogP contribution in [-0.4, -0.2) is 39.5 Å². The van der Waals surface area contributed by atoms with Crippen LogP contribution in [0, 0.1) is 0 Å². The molecule has 3 heterocycles. The Hall–Kier alpha value is -1.47. The second-order valence-corrected chi connectivity index (χ2v) is 6.32. The van der Waals surface area contributed by atoms with Gasteiger partial charge in [0.05, 0.1) is 0 Å². The second-order valence-electron chi connectivity index (χ2n) is 5.29. The van der Waals surface area contributed by atoms with E-state index < -0.39 is 0 Å². The van der Waals surface area contributed by atoms with Crippen molar-refractivity contribution in [1.29, 1.82) is 0 Å². The van der Waals surface area contributed by atoms with Crippen LogP contribution in [0.2, 0.25) is 0 Å². The minimum absolute atomic E-state index is 0.387. The number of hydrogen-bond donors (Lipinski definition) is 2. The number of aromatic nitrogens is 3. The van der Waals surface area contributed by atoms with E-state index in [4.69, 9.17) is 11.5 Å². The Bertz CT molecular complexity index is 602. The highest BCUT2D eigenvalue weighted by atomic mass is 32.1. The van der Waals surface area contributed by atoms with E-state index in [1.54, 1.807) is 0 Å². The van der Waals surface area contributed by atoms with E-state index in [0.717, 1.165) is 36.5 Å². The molecule has 6 nitrogen and oxygen atoms in total. The van der Waals surface area contributed by atoms with E-state index in [1.165, 1.54) is 24.3 Å². The molecule has 0 saturated carbocycles. The first-order chi connectivity index (χ1) is 9.67. The highest BCUT2D eigenvalue weighted by Gasteiger charge is 2.23. The molecule has 0 spiro atoms. The van der Waals surface area contributed by atoms with Crippen molar-refractivity contribution in [2.24, 2.45) is 0 Å². The Kier molecular flexibility index (Phi) is 3.71. The molecule has 2 aromatic heterocycles. The quantitative estimate of drug-likeness (QED) is 0.896. The van der Waals surface area contributed by atoms with Gasteiger partial charge in [0.25, 0.3) is 0 Å². The summed E-state index contributed by atoms with van der Waals surface area (Å²) in [4.78, 5) is 15.8. The van der Waals surface area contributed by atoms with E-state index in [-0.39, 0.29) is 0 Å². The highest BCUT2D eigenvalue weighted by Crippen LogP contribution is 2.31. The molecule has 1 aliphatic heterocycles. The average Bonchev–Trinajstić information content (AvgIpc) is 2.81. The lowest BCUT2D eigenvalue weighted by atomic mass is 9.96. The number of hydrogen-bond acceptors (Lipinski definition) is 7. The molecule has 1 aliphatic rings. The van der Waals surface area contributed by atoms with E-state index in [0.29, 0.717) is 22.5 Å². The van der Waals surface area contributed by atoms with E-state index in [9.17, 15) is 0 Å². The number of rotatable bonds is 3. The van der Waals surface area contributed by atoms with Crippen LogP contribution in [0.5, 0.6) is 0 Å². The summed E-state index contributed by atoms with van der Waals surface area (Å²) in [5, 5.41) is 0.496. The van der Waals surface area contributed by atoms with Crippen LogP contribution >= 0.6 is 11.3 Å². The minimum atomic E-state index is 0.387. The van der Waals surface area contributed by atoms with Crippen molar-refractivity contribution >= 4 is 32.6 Å². The predicted octanol–water partition coefficient (Wildman–Crippen LogP) is 1.84. The summed E-state index contributed by atoms with van der Waals surface area (Å²) in [6.45, 7) is 5.62. The summed E-state index contributed by atoms with van der Waals surface area (Å²) in [5.74, 6) is 1.73. The summed E-state index contributed by atoms with van der Waals surface area (Å²) < 4.78 is 0.801. The molecule has 0 unspecified atom stereocenters. The van der Waals surface area contributed by atoms with Crippen LogP contribution in [0.15, 0.2) is 0 Å². The van der Waals surface area contributed by atoms with Gasteiger partial charge in [0.15, 0.2) is 10.8 Å². The van der Waals surface area contributed by atoms with Crippen LogP contribution < -0.4 is 11.5 Å². The molecule has 4 N–H and O–H groups in total. The molecule has 1 saturated heterocycles. The monoisotopic (exact) mass is 292 g/mol. The van der Waals surface area contributed by atoms with Crippen molar-refractivity contribution < 1.29 is 0 Å². The maximum Gasteiger partial charge on any atom is 0.182 e. The summed E-state index contributed by atoms with van der Waals surface area (Å²) in [7, 11) is 0. The van der Waals surface area contributed by atoms with Crippen LogP contribution in [-0.2, 0) is 0 Å². The predicted molar refractivity (Wildman–Crippen MR) is 82.7 cm³/mol. The fourth-order valence-electron chi connectivity index (χ4n) is 2.79. The Morgan fingerprint density at radius 2 is 1.95 bits per heavy atom. The normalized spacial score (nSPS) is 17.9. The molecule has 0 radical (unpaired) electrons. The van der Waals surface area contributed by atoms with Gasteiger partial charge in [-0.25, -0.2) is 15.0 Å². The van der Waals surface area contributed by atoms with Crippen LogP contribution in [0.3, 0.4) is 0 Å². The summed E-state index contributed by atoms with van der Waals surface area (Å²) in [5.41, 5.74) is 12.4. The molecule has 0 aromatic carbocycles. The summed E-state index contributed by atoms with van der Waals surface area (Å²) >= 11 is 1.35. The first-order valence-corrected chi connectivity index (χ1v) is 7.90. The van der Waals surface area contributed by atoms with Crippen molar-refractivity contribution in [2.75, 3.05) is 31.1 Å². The fraction of sp³-hybridized carbons (Fsp3) is 0.615. The van der Waals surface area contributed by atoms with Crippen LogP contribution in [0.1, 0.15) is 37.9 Å². The zero-order valence-corrected chi connectivity index (χ0v) is 12.5. The Morgan fingerprint density at radius 1 is 1.20 bits per heavy atom. The van der Waals surface area contributed by atoms with E-state index >= 15 is 0 Å². The zero-order valence-electron chi connectivity index (χ0n) is 11.7. The molecule has 0 atom stereocenters. The van der Waals surface area contributed by atoms with Crippen molar-refractivity contribution in [2.45, 2.75) is 32.1 Å². The number of fused-ring (bicyclic) bond motifs is 1. The number of anilines is 2. The lowest BCUT2D eigenvalue weighted by molar-refractivity contribution is 0.210. The maximum atomic E-state index is 6.01. The smallest absolute Gasteiger partial charge is 0.182 e. The standard InChI is InChI=1S/C13H20N6S/c1-2-5-19-6-3-8(4-7-19)11-16-10(14)9-12(17-11)18-13(15)20-9/h8H,2-7H2,1H3,(H4,14,15,16,17,18). The average molecular weight is 292 g/mol. The van der Waals surface area contributed by atoms with Gasteiger partial charge in [-0.05, 0) is 38.9 Å². The topological polar surface area (TPSA) is 94.0 Å². The van der Waals surface area contributed by atoms with Crippen molar-refractivity contribution in [1.82, 2.24) is 19.9 Å². The first kappa shape index (κ1) is 13.5. The molecule has 1 fully saturated rings. The number of nitrogen functional groups attached to an aromatic ring is 2. The van der Waals surface area contributed by atoms with Gasteiger partial charge >= 0.3 is 0 Å². The van der Waals surface area contributed by atoms with E-state index in [1.807, 2.05) is 0 Å². The lowest BCUT2D eigenvalue weighted by Crippen LogP contribution is -2.34. The van der Waals surface area contributed by atoms with Gasteiger partial charge < -0.3 is 16.4 Å². The fourth-order valence-corrected chi connectivity index (χ4v) is 3.47. The van der Waals surface area contributed by atoms with Gasteiger partial charge in [0.2, 0.25) is 0 Å². The molecular formula is C13H20N6S. The lowest BCUT2D eigenvalue weighted by Gasteiger charge is -2.30. The number of thiazole rings is 1. The molecule has 108 valence electrons.